The second-order valence-corrected chi connectivity index (χ2v) is 9.40. The highest BCUT2D eigenvalue weighted by atomic mass is 35.5. The number of carbonyl (C=O) groups is 2. The zero-order valence-electron chi connectivity index (χ0n) is 16.9. The van der Waals surface area contributed by atoms with Gasteiger partial charge < -0.3 is 15.1 Å². The molecule has 9 heteroatoms. The van der Waals surface area contributed by atoms with Gasteiger partial charge in [-0.15, -0.1) is 23.1 Å². The first-order chi connectivity index (χ1) is 15.5. The summed E-state index contributed by atoms with van der Waals surface area (Å²) >= 11 is 8.99. The molecule has 0 bridgehead atoms. The summed E-state index contributed by atoms with van der Waals surface area (Å²) in [5.74, 6) is -0.221. The zero-order chi connectivity index (χ0) is 22.5. The van der Waals surface area contributed by atoms with Crippen LogP contribution in [-0.2, 0) is 4.79 Å². The van der Waals surface area contributed by atoms with Crippen LogP contribution in [0.5, 0.6) is 0 Å². The normalized spacial score (nSPS) is 11.7. The predicted molar refractivity (Wildman–Crippen MR) is 130 cm³/mol. The number of anilines is 2. The molecule has 2 aromatic heterocycles. The van der Waals surface area contributed by atoms with Crippen LogP contribution in [0.25, 0.3) is 11.3 Å². The van der Waals surface area contributed by atoms with E-state index in [2.05, 4.69) is 15.6 Å². The molecule has 0 saturated carbocycles. The average Bonchev–Trinajstić information content (AvgIpc) is 3.48. The Bertz CT molecular complexity index is 1220. The van der Waals surface area contributed by atoms with Gasteiger partial charge >= 0.3 is 0 Å². The second-order valence-electron chi connectivity index (χ2n) is 6.72. The van der Waals surface area contributed by atoms with Gasteiger partial charge in [-0.3, -0.25) is 9.59 Å². The zero-order valence-corrected chi connectivity index (χ0v) is 19.3. The number of amides is 2. The Kier molecular flexibility index (Phi) is 6.94. The second kappa shape index (κ2) is 10.0. The lowest BCUT2D eigenvalue weighted by atomic mass is 10.2. The molecule has 4 rings (SSSR count). The van der Waals surface area contributed by atoms with Crippen molar-refractivity contribution in [1.82, 2.24) is 4.98 Å². The van der Waals surface area contributed by atoms with Crippen molar-refractivity contribution < 1.29 is 14.0 Å². The lowest BCUT2D eigenvalue weighted by Crippen LogP contribution is -2.22. The van der Waals surface area contributed by atoms with Gasteiger partial charge in [0.1, 0.15) is 0 Å². The molecule has 2 N–H and O–H groups in total. The van der Waals surface area contributed by atoms with Gasteiger partial charge in [0.2, 0.25) is 5.91 Å². The van der Waals surface area contributed by atoms with E-state index in [9.17, 15) is 9.59 Å². The fourth-order valence-electron chi connectivity index (χ4n) is 2.81. The highest BCUT2D eigenvalue weighted by molar-refractivity contribution is 8.00. The molecule has 0 fully saturated rings. The fourth-order valence-corrected chi connectivity index (χ4v) is 4.62. The molecular weight excluding hydrogens is 466 g/mol. The van der Waals surface area contributed by atoms with Gasteiger partial charge in [0.25, 0.3) is 5.91 Å². The highest BCUT2D eigenvalue weighted by Gasteiger charge is 2.17. The first-order valence-electron chi connectivity index (χ1n) is 9.62. The summed E-state index contributed by atoms with van der Waals surface area (Å²) in [6, 6.07) is 18.0. The summed E-state index contributed by atoms with van der Waals surface area (Å²) in [7, 11) is 0. The summed E-state index contributed by atoms with van der Waals surface area (Å²) < 4.78 is 5.08. The van der Waals surface area contributed by atoms with E-state index in [1.807, 2.05) is 42.6 Å². The number of nitrogens with zero attached hydrogens (tertiary/aromatic N) is 1. The smallest absolute Gasteiger partial charge is 0.291 e. The lowest BCUT2D eigenvalue weighted by molar-refractivity contribution is -0.115. The van der Waals surface area contributed by atoms with E-state index >= 15 is 0 Å². The van der Waals surface area contributed by atoms with Crippen LogP contribution in [0.4, 0.5) is 10.8 Å². The number of benzene rings is 2. The predicted octanol–water partition coefficient (Wildman–Crippen LogP) is 6.43. The molecule has 2 heterocycles. The minimum atomic E-state index is -0.341. The highest BCUT2D eigenvalue weighted by Crippen LogP contribution is 2.31. The number of thioether (sulfide) groups is 1. The van der Waals surface area contributed by atoms with Crippen molar-refractivity contribution in [3.8, 4) is 11.3 Å². The number of rotatable bonds is 7. The fraction of sp³-hybridized carbons (Fsp3) is 0.0870. The summed E-state index contributed by atoms with van der Waals surface area (Å²) in [6.45, 7) is 1.83. The summed E-state index contributed by atoms with van der Waals surface area (Å²) in [6.07, 6.45) is 1.45. The van der Waals surface area contributed by atoms with Gasteiger partial charge in [-0.05, 0) is 49.4 Å². The van der Waals surface area contributed by atoms with Crippen LogP contribution in [0, 0.1) is 0 Å². The van der Waals surface area contributed by atoms with Crippen molar-refractivity contribution in [2.45, 2.75) is 17.1 Å². The molecule has 1 unspecified atom stereocenters. The molecule has 0 spiro atoms. The van der Waals surface area contributed by atoms with E-state index < -0.39 is 0 Å². The van der Waals surface area contributed by atoms with E-state index in [1.54, 1.807) is 30.3 Å². The number of halogens is 1. The van der Waals surface area contributed by atoms with E-state index in [-0.39, 0.29) is 22.8 Å². The van der Waals surface area contributed by atoms with E-state index in [0.717, 1.165) is 16.2 Å². The monoisotopic (exact) mass is 483 g/mol. The van der Waals surface area contributed by atoms with Crippen molar-refractivity contribution in [3.05, 3.63) is 83.1 Å². The molecule has 0 aliphatic carbocycles. The summed E-state index contributed by atoms with van der Waals surface area (Å²) in [5.41, 5.74) is 2.19. The number of aromatic nitrogens is 1. The molecule has 2 aromatic carbocycles. The minimum Gasteiger partial charge on any atom is -0.459 e. The van der Waals surface area contributed by atoms with Gasteiger partial charge in [-0.1, -0.05) is 29.8 Å². The summed E-state index contributed by atoms with van der Waals surface area (Å²) in [4.78, 5) is 30.0. The lowest BCUT2D eigenvalue weighted by Gasteiger charge is -2.11. The molecule has 0 aliphatic rings. The maximum atomic E-state index is 12.6. The van der Waals surface area contributed by atoms with Gasteiger partial charge in [-0.25, -0.2) is 4.98 Å². The number of nitrogens with one attached hydrogen (secondary N) is 2. The van der Waals surface area contributed by atoms with Crippen LogP contribution in [0.15, 0.2) is 81.6 Å². The first kappa shape index (κ1) is 22.1. The Balaban J connectivity index is 1.33. The van der Waals surface area contributed by atoms with Crippen LogP contribution in [-0.4, -0.2) is 22.0 Å². The molecule has 0 radical (unpaired) electrons. The van der Waals surface area contributed by atoms with Gasteiger partial charge in [-0.2, -0.15) is 0 Å². The largest absolute Gasteiger partial charge is 0.459 e. The van der Waals surface area contributed by atoms with Gasteiger partial charge in [0.05, 0.1) is 17.2 Å². The van der Waals surface area contributed by atoms with E-state index in [4.69, 9.17) is 16.0 Å². The molecule has 1 atom stereocenters. The van der Waals surface area contributed by atoms with Crippen LogP contribution in [0.1, 0.15) is 17.5 Å². The molecule has 6 nitrogen and oxygen atoms in total. The number of hydrogen-bond acceptors (Lipinski definition) is 6. The Morgan fingerprint density at radius 2 is 1.84 bits per heavy atom. The number of hydrogen-bond donors (Lipinski definition) is 2. The quantitative estimate of drug-likeness (QED) is 0.296. The average molecular weight is 484 g/mol. The Morgan fingerprint density at radius 3 is 2.56 bits per heavy atom. The third-order valence-electron chi connectivity index (χ3n) is 4.42. The van der Waals surface area contributed by atoms with Crippen molar-refractivity contribution in [2.75, 3.05) is 10.6 Å². The third kappa shape index (κ3) is 5.40. The first-order valence-corrected chi connectivity index (χ1v) is 11.8. The molecular formula is C23H18ClN3O3S2. The molecule has 32 heavy (non-hydrogen) atoms. The molecule has 0 aliphatic heterocycles. The van der Waals surface area contributed by atoms with Crippen molar-refractivity contribution in [1.29, 1.82) is 0 Å². The molecule has 2 amide bonds. The van der Waals surface area contributed by atoms with Gasteiger partial charge in [0.15, 0.2) is 10.9 Å². The van der Waals surface area contributed by atoms with E-state index in [1.165, 1.54) is 29.4 Å². The standard InChI is InChI=1S/C23H18ClN3O3S2/c1-14(21(28)27-23-26-19(13-31-23)17-5-2-3-6-18(17)24)32-16-10-8-15(9-11-16)25-22(29)20-7-4-12-30-20/h2-14H,1H3,(H,25,29)(H,26,27,28). The molecule has 4 aromatic rings. The van der Waals surface area contributed by atoms with Crippen molar-refractivity contribution >= 4 is 57.3 Å². The maximum Gasteiger partial charge on any atom is 0.291 e. The molecule has 162 valence electrons. The van der Waals surface area contributed by atoms with Crippen LogP contribution >= 0.6 is 34.7 Å². The van der Waals surface area contributed by atoms with Gasteiger partial charge in [0, 0.05) is 26.5 Å². The SMILES string of the molecule is CC(Sc1ccc(NC(=O)c2ccco2)cc1)C(=O)Nc1nc(-c2ccccc2Cl)cs1. The number of furan rings is 1. The topological polar surface area (TPSA) is 84.2 Å². The Morgan fingerprint density at radius 1 is 1.06 bits per heavy atom. The van der Waals surface area contributed by atoms with Crippen LogP contribution < -0.4 is 10.6 Å². The van der Waals surface area contributed by atoms with Crippen LogP contribution in [0.3, 0.4) is 0 Å². The third-order valence-corrected chi connectivity index (χ3v) is 6.62. The van der Waals surface area contributed by atoms with Crippen molar-refractivity contribution in [2.24, 2.45) is 0 Å². The van der Waals surface area contributed by atoms with Crippen LogP contribution in [0.2, 0.25) is 5.02 Å². The number of thiazole rings is 1. The Hall–Kier alpha value is -3.07. The van der Waals surface area contributed by atoms with E-state index in [0.29, 0.717) is 15.8 Å². The minimum absolute atomic E-state index is 0.148. The Labute approximate surface area is 198 Å². The number of carbonyl (C=O) groups excluding carboxylic acids is 2. The molecule has 0 saturated heterocycles. The summed E-state index contributed by atoms with van der Waals surface area (Å²) in [5, 5.41) is 8.28. The maximum absolute atomic E-state index is 12.6. The van der Waals surface area contributed by atoms with Crippen molar-refractivity contribution in [3.63, 3.8) is 0 Å².